The molecule has 0 radical (unpaired) electrons. The number of imidazole rings is 1. The van der Waals surface area contributed by atoms with Crippen molar-refractivity contribution in [1.29, 1.82) is 5.26 Å². The van der Waals surface area contributed by atoms with Gasteiger partial charge in [-0.25, -0.2) is 30.9 Å². The number of hydrogen-bond donors (Lipinski definition) is 0. The molecule has 0 spiro atoms. The van der Waals surface area contributed by atoms with Crippen LogP contribution in [0.15, 0.2) is 55.0 Å². The van der Waals surface area contributed by atoms with E-state index in [0.717, 1.165) is 79.4 Å². The van der Waals surface area contributed by atoms with Gasteiger partial charge in [0.25, 0.3) is 0 Å². The second kappa shape index (κ2) is 11.6. The fourth-order valence-corrected chi connectivity index (χ4v) is 7.13. The predicted molar refractivity (Wildman–Crippen MR) is 174 cm³/mol. The molecule has 5 heterocycles. The van der Waals surface area contributed by atoms with Crippen LogP contribution in [-0.2, 0) is 6.42 Å². The van der Waals surface area contributed by atoms with Crippen molar-refractivity contribution in [2.24, 2.45) is 5.92 Å². The number of benzene rings is 1. The zero-order valence-electron chi connectivity index (χ0n) is 25.2. The summed E-state index contributed by atoms with van der Waals surface area (Å²) in [6, 6.07) is 12.3. The van der Waals surface area contributed by atoms with Gasteiger partial charge < -0.3 is 14.6 Å². The van der Waals surface area contributed by atoms with Crippen LogP contribution < -0.4 is 9.80 Å². The standard InChI is InChI=1S/C34H32FN9S/c1-4-27-31(42(3)33-41-30(28(18-36)45-33)23-5-8-26(35)9-6-23)44-21-24(7-10-29(44)40-27)25-19-38-32(39-20-25)43-15-11-22(12-16-43)17-34(37-2)13-14-34/h5-10,19-22H,4,11-17H2,1,3H3. The lowest BCUT2D eigenvalue weighted by Crippen LogP contribution is -2.35. The lowest BCUT2D eigenvalue weighted by Gasteiger charge is -2.32. The van der Waals surface area contributed by atoms with Crippen molar-refractivity contribution in [1.82, 2.24) is 24.3 Å². The number of piperidine rings is 1. The van der Waals surface area contributed by atoms with Gasteiger partial charge in [0.2, 0.25) is 11.5 Å². The third kappa shape index (κ3) is 5.49. The van der Waals surface area contributed by atoms with E-state index in [4.69, 9.17) is 26.5 Å². The Morgan fingerprint density at radius 3 is 2.42 bits per heavy atom. The Morgan fingerprint density at radius 1 is 1.07 bits per heavy atom. The van der Waals surface area contributed by atoms with E-state index in [2.05, 4.69) is 22.7 Å². The largest absolute Gasteiger partial charge is 0.341 e. The Kier molecular flexibility index (Phi) is 7.42. The molecule has 1 aromatic carbocycles. The number of nitrogens with zero attached hydrogens (tertiary/aromatic N) is 9. The van der Waals surface area contributed by atoms with Crippen molar-refractivity contribution in [3.63, 3.8) is 0 Å². The number of rotatable bonds is 8. The van der Waals surface area contributed by atoms with Crippen LogP contribution in [0.25, 0.3) is 32.9 Å². The van der Waals surface area contributed by atoms with E-state index in [0.29, 0.717) is 33.6 Å². The first-order valence-electron chi connectivity index (χ1n) is 15.3. The Labute approximate surface area is 265 Å². The summed E-state index contributed by atoms with van der Waals surface area (Å²) in [5.41, 5.74) is 4.75. The van der Waals surface area contributed by atoms with Gasteiger partial charge in [-0.1, -0.05) is 18.3 Å². The number of anilines is 3. The van der Waals surface area contributed by atoms with Gasteiger partial charge in [-0.05, 0) is 61.6 Å². The van der Waals surface area contributed by atoms with E-state index in [9.17, 15) is 9.65 Å². The van der Waals surface area contributed by atoms with Crippen LogP contribution in [0.5, 0.6) is 0 Å². The molecule has 45 heavy (non-hydrogen) atoms. The Hall–Kier alpha value is -4.87. The van der Waals surface area contributed by atoms with E-state index in [1.165, 1.54) is 23.5 Å². The number of hydrogen-bond acceptors (Lipinski definition) is 8. The van der Waals surface area contributed by atoms with Crippen molar-refractivity contribution in [3.8, 4) is 28.5 Å². The summed E-state index contributed by atoms with van der Waals surface area (Å²) in [6.07, 6.45) is 11.8. The predicted octanol–water partition coefficient (Wildman–Crippen LogP) is 7.31. The number of fused-ring (bicyclic) bond motifs is 1. The summed E-state index contributed by atoms with van der Waals surface area (Å²) >= 11 is 1.30. The van der Waals surface area contributed by atoms with Gasteiger partial charge in [0.05, 0.1) is 5.69 Å². The number of pyridine rings is 1. The van der Waals surface area contributed by atoms with Crippen LogP contribution in [0.3, 0.4) is 0 Å². The Balaban J connectivity index is 1.13. The van der Waals surface area contributed by atoms with Crippen LogP contribution in [0.2, 0.25) is 0 Å². The molecule has 11 heteroatoms. The molecule has 0 atom stereocenters. The Bertz CT molecular complexity index is 1940. The molecule has 0 bridgehead atoms. The fraction of sp³-hybridized carbons (Fsp3) is 0.353. The Morgan fingerprint density at radius 2 is 1.78 bits per heavy atom. The van der Waals surface area contributed by atoms with Crippen molar-refractivity contribution in [2.75, 3.05) is 29.9 Å². The van der Waals surface area contributed by atoms with Crippen LogP contribution >= 0.6 is 11.3 Å². The molecule has 7 rings (SSSR count). The second-order valence-corrected chi connectivity index (χ2v) is 13.0. The number of aryl methyl sites for hydroxylation is 1. The summed E-state index contributed by atoms with van der Waals surface area (Å²) in [5.74, 6) is 1.89. The molecular weight excluding hydrogens is 586 g/mol. The third-order valence-electron chi connectivity index (χ3n) is 9.04. The summed E-state index contributed by atoms with van der Waals surface area (Å²) in [5, 5.41) is 10.5. The minimum absolute atomic E-state index is 0.0549. The molecule has 0 unspecified atom stereocenters. The molecule has 2 aliphatic rings. The molecule has 1 saturated carbocycles. The second-order valence-electron chi connectivity index (χ2n) is 12.0. The monoisotopic (exact) mass is 617 g/mol. The summed E-state index contributed by atoms with van der Waals surface area (Å²) < 4.78 is 15.6. The first kappa shape index (κ1) is 28.9. The number of thiazole rings is 1. The number of nitriles is 1. The zero-order chi connectivity index (χ0) is 31.1. The highest BCUT2D eigenvalue weighted by Crippen LogP contribution is 2.47. The molecule has 1 aliphatic heterocycles. The average molecular weight is 618 g/mol. The molecule has 9 nitrogen and oxygen atoms in total. The van der Waals surface area contributed by atoms with E-state index in [-0.39, 0.29) is 11.4 Å². The topological polar surface area (TPSA) is 90.6 Å². The molecule has 1 aliphatic carbocycles. The van der Waals surface area contributed by atoms with E-state index >= 15 is 0 Å². The van der Waals surface area contributed by atoms with Gasteiger partial charge in [0, 0.05) is 74.7 Å². The zero-order valence-corrected chi connectivity index (χ0v) is 26.1. The molecular formula is C34H32FN9S. The maximum Gasteiger partial charge on any atom is 0.233 e. The molecule has 0 N–H and O–H groups in total. The molecule has 226 valence electrons. The number of halogens is 1. The highest BCUT2D eigenvalue weighted by atomic mass is 32.1. The highest BCUT2D eigenvalue weighted by molar-refractivity contribution is 7.16. The third-order valence-corrected chi connectivity index (χ3v) is 10.1. The maximum atomic E-state index is 13.5. The van der Waals surface area contributed by atoms with Crippen molar-refractivity contribution < 1.29 is 4.39 Å². The summed E-state index contributed by atoms with van der Waals surface area (Å²) in [4.78, 5) is 27.7. The van der Waals surface area contributed by atoms with Crippen molar-refractivity contribution in [2.45, 2.75) is 51.0 Å². The minimum atomic E-state index is -0.334. The van der Waals surface area contributed by atoms with Crippen LogP contribution in [0.1, 0.15) is 49.6 Å². The van der Waals surface area contributed by atoms with Crippen molar-refractivity contribution in [3.05, 3.63) is 82.8 Å². The summed E-state index contributed by atoms with van der Waals surface area (Å²) in [6.45, 7) is 11.4. The number of aromatic nitrogens is 5. The minimum Gasteiger partial charge on any atom is -0.341 e. The fourth-order valence-electron chi connectivity index (χ4n) is 6.28. The normalized spacial score (nSPS) is 16.0. The van der Waals surface area contributed by atoms with E-state index in [1.54, 1.807) is 12.1 Å². The molecule has 2 fully saturated rings. The first-order chi connectivity index (χ1) is 21.9. The molecule has 5 aromatic rings. The SMILES string of the molecule is [C-]#[N+]C1(CC2CCN(c3ncc(-c4ccc5nc(CC)c(N(C)c6nc(-c7ccc(F)cc7)c(C#N)s6)n5c4)cn3)CC2)CC1. The first-order valence-corrected chi connectivity index (χ1v) is 16.1. The molecule has 1 saturated heterocycles. The summed E-state index contributed by atoms with van der Waals surface area (Å²) in [7, 11) is 1.93. The lowest BCUT2D eigenvalue weighted by molar-refractivity contribution is 0.359. The van der Waals surface area contributed by atoms with Gasteiger partial charge in [0.1, 0.15) is 33.9 Å². The van der Waals surface area contributed by atoms with Gasteiger partial charge in [-0.15, -0.1) is 0 Å². The quantitative estimate of drug-likeness (QED) is 0.169. The van der Waals surface area contributed by atoms with Gasteiger partial charge in [0.15, 0.2) is 5.13 Å². The molecule has 0 amide bonds. The smallest absolute Gasteiger partial charge is 0.233 e. The highest BCUT2D eigenvalue weighted by Gasteiger charge is 2.52. The van der Waals surface area contributed by atoms with Gasteiger partial charge in [-0.2, -0.15) is 5.26 Å². The van der Waals surface area contributed by atoms with E-state index < -0.39 is 0 Å². The molecule has 4 aromatic heterocycles. The van der Waals surface area contributed by atoms with E-state index in [1.807, 2.05) is 47.1 Å². The van der Waals surface area contributed by atoms with Gasteiger partial charge >= 0.3 is 0 Å². The maximum absolute atomic E-state index is 13.5. The van der Waals surface area contributed by atoms with Crippen LogP contribution in [-0.4, -0.2) is 50.0 Å². The van der Waals surface area contributed by atoms with Crippen molar-refractivity contribution >= 4 is 33.9 Å². The van der Waals surface area contributed by atoms with Crippen LogP contribution in [0, 0.1) is 29.6 Å². The van der Waals surface area contributed by atoms with Crippen LogP contribution in [0.4, 0.5) is 21.3 Å². The lowest BCUT2D eigenvalue weighted by atomic mass is 9.89. The average Bonchev–Trinajstić information content (AvgIpc) is 3.55. The van der Waals surface area contributed by atoms with Gasteiger partial charge in [-0.3, -0.25) is 4.40 Å².